The molecule has 0 radical (unpaired) electrons. The SMILES string of the molecule is O=C1CCN(C(=O)Nc2ccccc2)C(C(=O)O)C1. The largest absolute Gasteiger partial charge is 0.480 e. The molecule has 19 heavy (non-hydrogen) atoms. The summed E-state index contributed by atoms with van der Waals surface area (Å²) in [6.07, 6.45) is 0.0729. The monoisotopic (exact) mass is 262 g/mol. The molecular formula is C13H14N2O4. The van der Waals surface area contributed by atoms with Crippen LogP contribution in [0.25, 0.3) is 0 Å². The molecule has 1 unspecified atom stereocenters. The number of rotatable bonds is 2. The Bertz CT molecular complexity index is 501. The average Bonchev–Trinajstić information content (AvgIpc) is 2.39. The maximum atomic E-state index is 12.0. The van der Waals surface area contributed by atoms with Gasteiger partial charge in [0.05, 0.1) is 0 Å². The van der Waals surface area contributed by atoms with Gasteiger partial charge in [0.25, 0.3) is 0 Å². The van der Waals surface area contributed by atoms with Crippen LogP contribution in [0.2, 0.25) is 0 Å². The zero-order chi connectivity index (χ0) is 13.8. The normalized spacial score (nSPS) is 19.1. The van der Waals surface area contributed by atoms with Gasteiger partial charge in [-0.25, -0.2) is 9.59 Å². The maximum absolute atomic E-state index is 12.0. The summed E-state index contributed by atoms with van der Waals surface area (Å²) < 4.78 is 0. The summed E-state index contributed by atoms with van der Waals surface area (Å²) >= 11 is 0. The standard InChI is InChI=1S/C13H14N2O4/c16-10-6-7-15(11(8-10)12(17)18)13(19)14-9-4-2-1-3-5-9/h1-5,11H,6-8H2,(H,14,19)(H,17,18). The van der Waals surface area contributed by atoms with Gasteiger partial charge >= 0.3 is 12.0 Å². The summed E-state index contributed by atoms with van der Waals surface area (Å²) in [5, 5.41) is 11.7. The molecule has 2 rings (SSSR count). The molecule has 0 saturated carbocycles. The van der Waals surface area contributed by atoms with Crippen LogP contribution in [0.3, 0.4) is 0 Å². The number of nitrogens with one attached hydrogen (secondary N) is 1. The van der Waals surface area contributed by atoms with Gasteiger partial charge in [0.15, 0.2) is 0 Å². The molecule has 1 aliphatic rings. The fourth-order valence-corrected chi connectivity index (χ4v) is 2.01. The number of carboxylic acid groups (broad SMARTS) is 1. The van der Waals surface area contributed by atoms with E-state index in [9.17, 15) is 14.4 Å². The molecule has 6 heteroatoms. The van der Waals surface area contributed by atoms with Crippen molar-refractivity contribution >= 4 is 23.5 Å². The third kappa shape index (κ3) is 3.09. The first-order valence-corrected chi connectivity index (χ1v) is 5.95. The number of anilines is 1. The van der Waals surface area contributed by atoms with E-state index in [2.05, 4.69) is 5.32 Å². The number of likely N-dealkylation sites (tertiary alicyclic amines) is 1. The number of benzene rings is 1. The molecule has 6 nitrogen and oxygen atoms in total. The van der Waals surface area contributed by atoms with Crippen molar-refractivity contribution in [1.29, 1.82) is 0 Å². The van der Waals surface area contributed by atoms with Crippen LogP contribution in [0.4, 0.5) is 10.5 Å². The number of aliphatic carboxylic acids is 1. The first-order chi connectivity index (χ1) is 9.08. The van der Waals surface area contributed by atoms with Crippen LogP contribution in [-0.2, 0) is 9.59 Å². The molecule has 1 aliphatic heterocycles. The van der Waals surface area contributed by atoms with Gasteiger partial charge < -0.3 is 15.3 Å². The number of piperidine rings is 1. The van der Waals surface area contributed by atoms with Crippen LogP contribution < -0.4 is 5.32 Å². The second-order valence-corrected chi connectivity index (χ2v) is 4.34. The molecule has 0 bridgehead atoms. The third-order valence-electron chi connectivity index (χ3n) is 3.00. The number of Topliss-reactive ketones (excluding diaryl/α,β-unsaturated/α-hetero) is 1. The Morgan fingerprint density at radius 1 is 1.26 bits per heavy atom. The molecule has 100 valence electrons. The van der Waals surface area contributed by atoms with E-state index in [1.165, 1.54) is 4.90 Å². The molecular weight excluding hydrogens is 248 g/mol. The second kappa shape index (κ2) is 5.51. The highest BCUT2D eigenvalue weighted by Gasteiger charge is 2.35. The Hall–Kier alpha value is -2.37. The quantitative estimate of drug-likeness (QED) is 0.842. The summed E-state index contributed by atoms with van der Waals surface area (Å²) in [7, 11) is 0. The van der Waals surface area contributed by atoms with Crippen molar-refractivity contribution in [3.63, 3.8) is 0 Å². The number of ketones is 1. The highest BCUT2D eigenvalue weighted by Crippen LogP contribution is 2.16. The zero-order valence-electron chi connectivity index (χ0n) is 10.2. The van der Waals surface area contributed by atoms with Gasteiger partial charge in [0.1, 0.15) is 11.8 Å². The van der Waals surface area contributed by atoms with Crippen LogP contribution in [0.1, 0.15) is 12.8 Å². The van der Waals surface area contributed by atoms with E-state index in [0.29, 0.717) is 5.69 Å². The van der Waals surface area contributed by atoms with Gasteiger partial charge in [0.2, 0.25) is 0 Å². The molecule has 0 aliphatic carbocycles. The summed E-state index contributed by atoms with van der Waals surface area (Å²) in [5.41, 5.74) is 0.591. The minimum atomic E-state index is -1.16. The van der Waals surface area contributed by atoms with Crippen LogP contribution in [0, 0.1) is 0 Å². The van der Waals surface area contributed by atoms with Gasteiger partial charge in [0, 0.05) is 25.1 Å². The molecule has 2 N–H and O–H groups in total. The third-order valence-corrected chi connectivity index (χ3v) is 3.00. The van der Waals surface area contributed by atoms with E-state index in [1.807, 2.05) is 6.07 Å². The van der Waals surface area contributed by atoms with Crippen LogP contribution in [-0.4, -0.2) is 40.4 Å². The Labute approximate surface area is 110 Å². The molecule has 1 atom stereocenters. The van der Waals surface area contributed by atoms with Crippen molar-refractivity contribution in [3.8, 4) is 0 Å². The maximum Gasteiger partial charge on any atom is 0.326 e. The van der Waals surface area contributed by atoms with E-state index >= 15 is 0 Å². The van der Waals surface area contributed by atoms with E-state index in [0.717, 1.165) is 0 Å². The van der Waals surface area contributed by atoms with Crippen LogP contribution in [0.15, 0.2) is 30.3 Å². The lowest BCUT2D eigenvalue weighted by atomic mass is 10.0. The Balaban J connectivity index is 2.08. The second-order valence-electron chi connectivity index (χ2n) is 4.34. The number of nitrogens with zero attached hydrogens (tertiary/aromatic N) is 1. The Kier molecular flexibility index (Phi) is 3.79. The minimum Gasteiger partial charge on any atom is -0.480 e. The average molecular weight is 262 g/mol. The summed E-state index contributed by atoms with van der Waals surface area (Å²) in [6.45, 7) is 0.133. The molecule has 2 amide bonds. The Morgan fingerprint density at radius 3 is 2.58 bits per heavy atom. The van der Waals surface area contributed by atoms with Gasteiger partial charge in [-0.05, 0) is 12.1 Å². The number of hydrogen-bond donors (Lipinski definition) is 2. The molecule has 1 fully saturated rings. The molecule has 0 aromatic heterocycles. The van der Waals surface area contributed by atoms with Crippen molar-refractivity contribution in [3.05, 3.63) is 30.3 Å². The minimum absolute atomic E-state index is 0.127. The topological polar surface area (TPSA) is 86.7 Å². The number of para-hydroxylation sites is 1. The molecule has 1 aromatic carbocycles. The lowest BCUT2D eigenvalue weighted by Crippen LogP contribution is -2.51. The molecule has 0 spiro atoms. The predicted octanol–water partition coefficient (Wildman–Crippen LogP) is 1.34. The van der Waals surface area contributed by atoms with Crippen LogP contribution >= 0.6 is 0 Å². The molecule has 1 heterocycles. The van der Waals surface area contributed by atoms with Crippen molar-refractivity contribution in [2.75, 3.05) is 11.9 Å². The van der Waals surface area contributed by atoms with E-state index < -0.39 is 18.0 Å². The highest BCUT2D eigenvalue weighted by atomic mass is 16.4. The summed E-state index contributed by atoms with van der Waals surface area (Å²) in [5.74, 6) is -1.28. The smallest absolute Gasteiger partial charge is 0.326 e. The van der Waals surface area contributed by atoms with Gasteiger partial charge in [-0.3, -0.25) is 4.79 Å². The highest BCUT2D eigenvalue weighted by molar-refractivity contribution is 5.96. The van der Waals surface area contributed by atoms with Crippen molar-refractivity contribution in [2.24, 2.45) is 0 Å². The number of urea groups is 1. The van der Waals surface area contributed by atoms with Crippen molar-refractivity contribution in [2.45, 2.75) is 18.9 Å². The number of carbonyl (C=O) groups is 3. The van der Waals surface area contributed by atoms with E-state index in [4.69, 9.17) is 5.11 Å². The Morgan fingerprint density at radius 2 is 1.95 bits per heavy atom. The summed E-state index contributed by atoms with van der Waals surface area (Å²) in [6, 6.07) is 7.20. The first kappa shape index (κ1) is 13.1. The van der Waals surface area contributed by atoms with Gasteiger partial charge in [-0.2, -0.15) is 0 Å². The lowest BCUT2D eigenvalue weighted by Gasteiger charge is -2.32. The summed E-state index contributed by atoms with van der Waals surface area (Å²) in [4.78, 5) is 35.6. The first-order valence-electron chi connectivity index (χ1n) is 5.95. The molecule has 1 aromatic rings. The zero-order valence-corrected chi connectivity index (χ0v) is 10.2. The fourth-order valence-electron chi connectivity index (χ4n) is 2.01. The predicted molar refractivity (Wildman–Crippen MR) is 67.8 cm³/mol. The lowest BCUT2D eigenvalue weighted by molar-refractivity contribution is -0.145. The number of carboxylic acids is 1. The fraction of sp³-hybridized carbons (Fsp3) is 0.308. The van der Waals surface area contributed by atoms with Gasteiger partial charge in [-0.15, -0.1) is 0 Å². The van der Waals surface area contributed by atoms with Crippen LogP contribution in [0.5, 0.6) is 0 Å². The number of hydrogen-bond acceptors (Lipinski definition) is 3. The van der Waals surface area contributed by atoms with Crippen molar-refractivity contribution in [1.82, 2.24) is 4.90 Å². The van der Waals surface area contributed by atoms with E-state index in [-0.39, 0.29) is 25.2 Å². The number of carbonyl (C=O) groups excluding carboxylic acids is 2. The number of amides is 2. The van der Waals surface area contributed by atoms with Crippen molar-refractivity contribution < 1.29 is 19.5 Å². The molecule has 1 saturated heterocycles. The van der Waals surface area contributed by atoms with Gasteiger partial charge in [-0.1, -0.05) is 18.2 Å². The van der Waals surface area contributed by atoms with E-state index in [1.54, 1.807) is 24.3 Å².